The Morgan fingerprint density at radius 3 is 3.00 bits per heavy atom. The van der Waals surface area contributed by atoms with E-state index in [1.165, 1.54) is 0 Å². The fraction of sp³-hybridized carbons (Fsp3) is 0.300. The lowest BCUT2D eigenvalue weighted by Crippen LogP contribution is -2.04. The molecule has 0 amide bonds. The molecule has 0 N–H and O–H groups in total. The minimum Gasteiger partial charge on any atom is -0.491 e. The van der Waals surface area contributed by atoms with Crippen molar-refractivity contribution in [3.63, 3.8) is 0 Å². The molecule has 1 aromatic rings. The van der Waals surface area contributed by atoms with Crippen molar-refractivity contribution >= 4 is 11.6 Å². The predicted octanol–water partition coefficient (Wildman–Crippen LogP) is 1.99. The Labute approximate surface area is 86.8 Å². The number of halogens is 1. The third kappa shape index (κ3) is 2.38. The fourth-order valence-corrected chi connectivity index (χ4v) is 1.29. The van der Waals surface area contributed by atoms with Crippen LogP contribution >= 0.6 is 11.6 Å². The van der Waals surface area contributed by atoms with Crippen molar-refractivity contribution in [2.45, 2.75) is 6.10 Å². The van der Waals surface area contributed by atoms with Crippen LogP contribution in [0.3, 0.4) is 0 Å². The first kappa shape index (κ1) is 9.32. The molecule has 2 rings (SSSR count). The summed E-state index contributed by atoms with van der Waals surface area (Å²) in [6.07, 6.45) is 0.208. The molecule has 1 saturated heterocycles. The molecular formula is C10H8ClNO2. The van der Waals surface area contributed by atoms with Gasteiger partial charge in [0.25, 0.3) is 0 Å². The summed E-state index contributed by atoms with van der Waals surface area (Å²) in [6.45, 7) is 1.27. The first-order valence-corrected chi connectivity index (χ1v) is 4.61. The third-order valence-electron chi connectivity index (χ3n) is 1.84. The van der Waals surface area contributed by atoms with Crippen molar-refractivity contribution < 1.29 is 9.47 Å². The Kier molecular flexibility index (Phi) is 2.58. The zero-order valence-electron chi connectivity index (χ0n) is 7.37. The van der Waals surface area contributed by atoms with Crippen LogP contribution in [0.25, 0.3) is 0 Å². The van der Waals surface area contributed by atoms with E-state index in [1.807, 2.05) is 6.07 Å². The Morgan fingerprint density at radius 1 is 1.57 bits per heavy atom. The maximum atomic E-state index is 8.69. The van der Waals surface area contributed by atoms with Crippen LogP contribution in [0.2, 0.25) is 5.02 Å². The summed E-state index contributed by atoms with van der Waals surface area (Å²) in [6, 6.07) is 6.96. The second kappa shape index (κ2) is 3.87. The normalized spacial score (nSPS) is 18.7. The lowest BCUT2D eigenvalue weighted by molar-refractivity contribution is 0.263. The van der Waals surface area contributed by atoms with Crippen molar-refractivity contribution in [1.82, 2.24) is 0 Å². The molecule has 1 fully saturated rings. The van der Waals surface area contributed by atoms with Gasteiger partial charge in [0.2, 0.25) is 0 Å². The van der Waals surface area contributed by atoms with Crippen LogP contribution in [0.4, 0.5) is 0 Å². The second-order valence-electron chi connectivity index (χ2n) is 3.05. The van der Waals surface area contributed by atoms with E-state index in [2.05, 4.69) is 0 Å². The number of benzene rings is 1. The molecule has 72 valence electrons. The van der Waals surface area contributed by atoms with Crippen LogP contribution in [-0.4, -0.2) is 19.3 Å². The first-order valence-electron chi connectivity index (χ1n) is 4.23. The molecule has 1 atom stereocenters. The molecule has 1 heterocycles. The van der Waals surface area contributed by atoms with Gasteiger partial charge >= 0.3 is 0 Å². The first-order chi connectivity index (χ1) is 6.78. The summed E-state index contributed by atoms with van der Waals surface area (Å²) < 4.78 is 10.4. The van der Waals surface area contributed by atoms with Crippen LogP contribution in [-0.2, 0) is 4.74 Å². The summed E-state index contributed by atoms with van der Waals surface area (Å²) in [5.41, 5.74) is 0.504. The number of hydrogen-bond acceptors (Lipinski definition) is 3. The number of ether oxygens (including phenoxy) is 2. The molecule has 3 nitrogen and oxygen atoms in total. The van der Waals surface area contributed by atoms with Crippen LogP contribution in [0.5, 0.6) is 5.75 Å². The lowest BCUT2D eigenvalue weighted by atomic mass is 10.2. The Morgan fingerprint density at radius 2 is 2.36 bits per heavy atom. The van der Waals surface area contributed by atoms with Gasteiger partial charge in [0, 0.05) is 5.02 Å². The Hall–Kier alpha value is -1.24. The zero-order chi connectivity index (χ0) is 9.97. The van der Waals surface area contributed by atoms with Crippen LogP contribution < -0.4 is 4.74 Å². The number of hydrogen-bond donors (Lipinski definition) is 0. The standard InChI is InChI=1S/C10H8ClNO2/c11-8-1-7(4-12)2-9(3-8)13-5-10-6-14-10/h1-3,10H,5-6H2. The van der Waals surface area contributed by atoms with Crippen molar-refractivity contribution in [2.24, 2.45) is 0 Å². The highest BCUT2D eigenvalue weighted by atomic mass is 35.5. The number of nitriles is 1. The monoisotopic (exact) mass is 209 g/mol. The van der Waals surface area contributed by atoms with Gasteiger partial charge in [-0.2, -0.15) is 5.26 Å². The average Bonchev–Trinajstić information content (AvgIpc) is 2.97. The van der Waals surface area contributed by atoms with Crippen LogP contribution in [0.1, 0.15) is 5.56 Å². The van der Waals surface area contributed by atoms with Gasteiger partial charge in [0.1, 0.15) is 18.5 Å². The lowest BCUT2D eigenvalue weighted by Gasteiger charge is -2.04. The van der Waals surface area contributed by atoms with E-state index in [1.54, 1.807) is 18.2 Å². The maximum absolute atomic E-state index is 8.69. The molecule has 1 aliphatic rings. The van der Waals surface area contributed by atoms with Crippen molar-refractivity contribution in [1.29, 1.82) is 5.26 Å². The van der Waals surface area contributed by atoms with E-state index >= 15 is 0 Å². The molecule has 0 radical (unpaired) electrons. The van der Waals surface area contributed by atoms with E-state index < -0.39 is 0 Å². The summed E-state index contributed by atoms with van der Waals surface area (Å²) in [5, 5.41) is 9.20. The fourth-order valence-electron chi connectivity index (χ4n) is 1.06. The van der Waals surface area contributed by atoms with Gasteiger partial charge in [-0.1, -0.05) is 11.6 Å². The summed E-state index contributed by atoms with van der Waals surface area (Å²) >= 11 is 5.80. The molecular weight excluding hydrogens is 202 g/mol. The highest BCUT2D eigenvalue weighted by Gasteiger charge is 2.23. The van der Waals surface area contributed by atoms with Crippen LogP contribution in [0, 0.1) is 11.3 Å². The van der Waals surface area contributed by atoms with E-state index in [4.69, 9.17) is 26.3 Å². The zero-order valence-corrected chi connectivity index (χ0v) is 8.12. The number of nitrogens with zero attached hydrogens (tertiary/aromatic N) is 1. The molecule has 1 aliphatic heterocycles. The van der Waals surface area contributed by atoms with Gasteiger partial charge in [0.15, 0.2) is 0 Å². The van der Waals surface area contributed by atoms with Gasteiger partial charge in [0.05, 0.1) is 18.2 Å². The highest BCUT2D eigenvalue weighted by molar-refractivity contribution is 6.30. The van der Waals surface area contributed by atoms with E-state index in [0.29, 0.717) is 22.9 Å². The SMILES string of the molecule is N#Cc1cc(Cl)cc(OCC2CO2)c1. The molecule has 14 heavy (non-hydrogen) atoms. The van der Waals surface area contributed by atoms with Crippen LogP contribution in [0.15, 0.2) is 18.2 Å². The van der Waals surface area contributed by atoms with Crippen molar-refractivity contribution in [3.8, 4) is 11.8 Å². The third-order valence-corrected chi connectivity index (χ3v) is 2.06. The Bertz CT molecular complexity index is 382. The molecule has 0 aliphatic carbocycles. The number of epoxide rings is 1. The van der Waals surface area contributed by atoms with Gasteiger partial charge < -0.3 is 9.47 Å². The van der Waals surface area contributed by atoms with E-state index in [0.717, 1.165) is 6.61 Å². The van der Waals surface area contributed by atoms with Crippen molar-refractivity contribution in [2.75, 3.05) is 13.2 Å². The van der Waals surface area contributed by atoms with E-state index in [-0.39, 0.29) is 6.10 Å². The molecule has 4 heteroatoms. The molecule has 1 unspecified atom stereocenters. The van der Waals surface area contributed by atoms with E-state index in [9.17, 15) is 0 Å². The Balaban J connectivity index is 2.07. The summed E-state index contributed by atoms with van der Waals surface area (Å²) in [7, 11) is 0. The highest BCUT2D eigenvalue weighted by Crippen LogP contribution is 2.21. The van der Waals surface area contributed by atoms with Gasteiger partial charge in [-0.05, 0) is 18.2 Å². The van der Waals surface area contributed by atoms with Gasteiger partial charge in [-0.15, -0.1) is 0 Å². The molecule has 0 spiro atoms. The summed E-state index contributed by atoms with van der Waals surface area (Å²) in [5.74, 6) is 0.615. The molecule has 1 aromatic carbocycles. The minimum atomic E-state index is 0.208. The maximum Gasteiger partial charge on any atom is 0.122 e. The topological polar surface area (TPSA) is 45.5 Å². The molecule has 0 aromatic heterocycles. The quantitative estimate of drug-likeness (QED) is 0.716. The smallest absolute Gasteiger partial charge is 0.122 e. The second-order valence-corrected chi connectivity index (χ2v) is 3.49. The largest absolute Gasteiger partial charge is 0.491 e. The minimum absolute atomic E-state index is 0.208. The average molecular weight is 210 g/mol. The number of rotatable bonds is 3. The predicted molar refractivity (Wildman–Crippen MR) is 51.4 cm³/mol. The van der Waals surface area contributed by atoms with Gasteiger partial charge in [-0.3, -0.25) is 0 Å². The molecule has 0 bridgehead atoms. The molecule has 0 saturated carbocycles. The van der Waals surface area contributed by atoms with Gasteiger partial charge in [-0.25, -0.2) is 0 Å². The van der Waals surface area contributed by atoms with Crippen molar-refractivity contribution in [3.05, 3.63) is 28.8 Å². The summed E-state index contributed by atoms with van der Waals surface area (Å²) in [4.78, 5) is 0.